The minimum atomic E-state index is -0.496. The molecule has 0 spiro atoms. The molecule has 31 heavy (non-hydrogen) atoms. The SMILES string of the molecule is CCOC(=O)c1cnc2c(c(C)nn2Cc2nccn2Cc2ccc(OC)cc2)c1Cl. The first kappa shape index (κ1) is 20.9. The largest absolute Gasteiger partial charge is 0.497 e. The molecule has 0 fully saturated rings. The van der Waals surface area contributed by atoms with E-state index in [4.69, 9.17) is 21.1 Å². The second-order valence-corrected chi connectivity index (χ2v) is 7.35. The summed E-state index contributed by atoms with van der Waals surface area (Å²) in [4.78, 5) is 21.1. The molecular formula is C22H22ClN5O3. The molecule has 0 N–H and O–H groups in total. The number of hydrogen-bond acceptors (Lipinski definition) is 6. The molecule has 4 aromatic rings. The Labute approximate surface area is 184 Å². The summed E-state index contributed by atoms with van der Waals surface area (Å²) >= 11 is 6.51. The van der Waals surface area contributed by atoms with E-state index in [-0.39, 0.29) is 12.2 Å². The number of ether oxygens (including phenoxy) is 2. The summed E-state index contributed by atoms with van der Waals surface area (Å²) in [6, 6.07) is 7.91. The smallest absolute Gasteiger partial charge is 0.341 e. The van der Waals surface area contributed by atoms with Crippen LogP contribution in [0.4, 0.5) is 0 Å². The lowest BCUT2D eigenvalue weighted by atomic mass is 10.2. The van der Waals surface area contributed by atoms with Gasteiger partial charge in [0.1, 0.15) is 18.1 Å². The number of carbonyl (C=O) groups excluding carboxylic acids is 1. The highest BCUT2D eigenvalue weighted by atomic mass is 35.5. The minimum absolute atomic E-state index is 0.236. The Hall–Kier alpha value is -3.39. The van der Waals surface area contributed by atoms with Crippen LogP contribution in [0.3, 0.4) is 0 Å². The molecule has 0 saturated heterocycles. The number of imidazole rings is 1. The third kappa shape index (κ3) is 4.11. The third-order valence-corrected chi connectivity index (χ3v) is 5.37. The van der Waals surface area contributed by atoms with E-state index in [1.807, 2.05) is 37.4 Å². The summed E-state index contributed by atoms with van der Waals surface area (Å²) in [6.07, 6.45) is 5.12. The highest BCUT2D eigenvalue weighted by molar-refractivity contribution is 6.38. The molecule has 4 rings (SSSR count). The molecule has 1 aromatic carbocycles. The minimum Gasteiger partial charge on any atom is -0.497 e. The molecule has 0 aliphatic rings. The van der Waals surface area contributed by atoms with E-state index < -0.39 is 5.97 Å². The highest BCUT2D eigenvalue weighted by Crippen LogP contribution is 2.29. The van der Waals surface area contributed by atoms with Gasteiger partial charge in [-0.1, -0.05) is 23.7 Å². The zero-order valence-electron chi connectivity index (χ0n) is 17.5. The van der Waals surface area contributed by atoms with Crippen molar-refractivity contribution < 1.29 is 14.3 Å². The fourth-order valence-electron chi connectivity index (χ4n) is 3.43. The maximum absolute atomic E-state index is 12.1. The Kier molecular flexibility index (Phi) is 5.90. The molecule has 0 aliphatic carbocycles. The number of rotatable bonds is 7. The Morgan fingerprint density at radius 2 is 1.94 bits per heavy atom. The number of carbonyl (C=O) groups is 1. The van der Waals surface area contributed by atoms with Crippen molar-refractivity contribution in [3.05, 3.63) is 70.5 Å². The zero-order valence-corrected chi connectivity index (χ0v) is 18.3. The van der Waals surface area contributed by atoms with Crippen LogP contribution >= 0.6 is 11.6 Å². The molecule has 3 heterocycles. The van der Waals surface area contributed by atoms with Crippen molar-refractivity contribution in [2.75, 3.05) is 13.7 Å². The predicted molar refractivity (Wildman–Crippen MR) is 117 cm³/mol. The molecule has 8 nitrogen and oxygen atoms in total. The van der Waals surface area contributed by atoms with Crippen molar-refractivity contribution in [1.29, 1.82) is 0 Å². The predicted octanol–water partition coefficient (Wildman–Crippen LogP) is 3.87. The van der Waals surface area contributed by atoms with Crippen molar-refractivity contribution in [3.8, 4) is 5.75 Å². The molecule has 0 amide bonds. The zero-order chi connectivity index (χ0) is 22.0. The number of esters is 1. The van der Waals surface area contributed by atoms with Crippen LogP contribution in [-0.2, 0) is 17.8 Å². The average molecular weight is 440 g/mol. The number of benzene rings is 1. The van der Waals surface area contributed by atoms with Crippen molar-refractivity contribution in [1.82, 2.24) is 24.3 Å². The topological polar surface area (TPSA) is 84.1 Å². The van der Waals surface area contributed by atoms with Crippen molar-refractivity contribution >= 4 is 28.6 Å². The second kappa shape index (κ2) is 8.77. The van der Waals surface area contributed by atoms with Gasteiger partial charge in [-0.25, -0.2) is 19.4 Å². The number of halogens is 1. The van der Waals surface area contributed by atoms with Gasteiger partial charge in [0, 0.05) is 25.1 Å². The van der Waals surface area contributed by atoms with Gasteiger partial charge in [-0.2, -0.15) is 5.10 Å². The van der Waals surface area contributed by atoms with Gasteiger partial charge in [0.05, 0.1) is 35.4 Å². The van der Waals surface area contributed by atoms with E-state index in [1.165, 1.54) is 6.20 Å². The quantitative estimate of drug-likeness (QED) is 0.406. The van der Waals surface area contributed by atoms with Gasteiger partial charge in [0.15, 0.2) is 5.65 Å². The fourth-order valence-corrected chi connectivity index (χ4v) is 3.78. The molecular weight excluding hydrogens is 418 g/mol. The van der Waals surface area contributed by atoms with Crippen molar-refractivity contribution in [2.24, 2.45) is 0 Å². The van der Waals surface area contributed by atoms with E-state index in [0.29, 0.717) is 34.8 Å². The standard InChI is InChI=1S/C22H22ClN5O3/c1-4-31-22(29)17-11-25-21-19(20(17)23)14(2)26-28(21)13-18-24-9-10-27(18)12-15-5-7-16(30-3)8-6-15/h5-11H,4,12-13H2,1-3H3. The van der Waals surface area contributed by atoms with Crippen molar-refractivity contribution in [2.45, 2.75) is 26.9 Å². The van der Waals surface area contributed by atoms with Crippen molar-refractivity contribution in [3.63, 3.8) is 0 Å². The first-order valence-corrected chi connectivity index (χ1v) is 10.2. The number of nitrogens with zero attached hydrogens (tertiary/aromatic N) is 5. The van der Waals surface area contributed by atoms with E-state index >= 15 is 0 Å². The summed E-state index contributed by atoms with van der Waals surface area (Å²) in [7, 11) is 1.65. The molecule has 0 aliphatic heterocycles. The Morgan fingerprint density at radius 3 is 2.65 bits per heavy atom. The Bertz CT molecular complexity index is 1230. The molecule has 0 unspecified atom stereocenters. The third-order valence-electron chi connectivity index (χ3n) is 4.97. The van der Waals surface area contributed by atoms with Crippen LogP contribution in [0.5, 0.6) is 5.75 Å². The van der Waals surface area contributed by atoms with E-state index in [2.05, 4.69) is 19.6 Å². The van der Waals surface area contributed by atoms with Gasteiger partial charge in [-0.05, 0) is 31.5 Å². The van der Waals surface area contributed by atoms with E-state index in [1.54, 1.807) is 24.9 Å². The maximum Gasteiger partial charge on any atom is 0.341 e. The van der Waals surface area contributed by atoms with Gasteiger partial charge in [0.25, 0.3) is 0 Å². The summed E-state index contributed by atoms with van der Waals surface area (Å²) in [5.74, 6) is 1.15. The number of aromatic nitrogens is 5. The number of fused-ring (bicyclic) bond motifs is 1. The van der Waals surface area contributed by atoms with Crippen LogP contribution in [0.2, 0.25) is 5.02 Å². The summed E-state index contributed by atoms with van der Waals surface area (Å²) < 4.78 is 14.1. The molecule has 0 bridgehead atoms. The monoisotopic (exact) mass is 439 g/mol. The lowest BCUT2D eigenvalue weighted by molar-refractivity contribution is 0.0526. The summed E-state index contributed by atoms with van der Waals surface area (Å²) in [5, 5.41) is 5.53. The normalized spacial score (nSPS) is 11.1. The first-order valence-electron chi connectivity index (χ1n) is 9.83. The lowest BCUT2D eigenvalue weighted by Gasteiger charge is -2.10. The number of aryl methyl sites for hydroxylation is 1. The van der Waals surface area contributed by atoms with Crippen LogP contribution in [0.1, 0.15) is 34.4 Å². The average Bonchev–Trinajstić information content (AvgIpc) is 3.33. The van der Waals surface area contributed by atoms with Crippen LogP contribution in [-0.4, -0.2) is 44.0 Å². The number of hydrogen-bond donors (Lipinski definition) is 0. The van der Waals surface area contributed by atoms with E-state index in [0.717, 1.165) is 17.1 Å². The molecule has 0 atom stereocenters. The summed E-state index contributed by atoms with van der Waals surface area (Å²) in [6.45, 7) is 4.93. The van der Waals surface area contributed by atoms with Gasteiger partial charge < -0.3 is 14.0 Å². The molecule has 0 saturated carbocycles. The van der Waals surface area contributed by atoms with Crippen LogP contribution < -0.4 is 4.74 Å². The number of pyridine rings is 1. The fraction of sp³-hybridized carbons (Fsp3) is 0.273. The van der Waals surface area contributed by atoms with Gasteiger partial charge in [-0.3, -0.25) is 0 Å². The Morgan fingerprint density at radius 1 is 1.16 bits per heavy atom. The van der Waals surface area contributed by atoms with Gasteiger partial charge in [-0.15, -0.1) is 0 Å². The van der Waals surface area contributed by atoms with Crippen LogP contribution in [0.25, 0.3) is 11.0 Å². The lowest BCUT2D eigenvalue weighted by Crippen LogP contribution is -2.11. The second-order valence-electron chi connectivity index (χ2n) is 6.97. The highest BCUT2D eigenvalue weighted by Gasteiger charge is 2.20. The van der Waals surface area contributed by atoms with Gasteiger partial charge >= 0.3 is 5.97 Å². The van der Waals surface area contributed by atoms with Crippen LogP contribution in [0.15, 0.2) is 42.9 Å². The first-order chi connectivity index (χ1) is 15.0. The molecule has 160 valence electrons. The Balaban J connectivity index is 1.63. The van der Waals surface area contributed by atoms with Gasteiger partial charge in [0.2, 0.25) is 0 Å². The van der Waals surface area contributed by atoms with E-state index in [9.17, 15) is 4.79 Å². The maximum atomic E-state index is 12.1. The number of methoxy groups -OCH3 is 1. The molecule has 9 heteroatoms. The van der Waals surface area contributed by atoms with Crippen LogP contribution in [0, 0.1) is 6.92 Å². The summed E-state index contributed by atoms with van der Waals surface area (Å²) in [5.41, 5.74) is 2.64. The molecule has 3 aromatic heterocycles. The molecule has 0 radical (unpaired) electrons.